The lowest BCUT2D eigenvalue weighted by Gasteiger charge is -2.19. The fourth-order valence-corrected chi connectivity index (χ4v) is 3.09. The SMILES string of the molecule is CN=C(NCc1ccn(-c2ccccc2)n1)NC1CCN(CC(F)(F)F)C1.I. The quantitative estimate of drug-likeness (QED) is 0.371. The number of halogens is 4. The number of aliphatic imine (C=N–C) groups is 1. The molecular formula is C18H24F3IN6. The number of benzene rings is 1. The molecule has 1 aliphatic heterocycles. The molecule has 1 aromatic heterocycles. The molecule has 0 radical (unpaired) electrons. The van der Waals surface area contributed by atoms with Crippen LogP contribution in [0.5, 0.6) is 0 Å². The maximum atomic E-state index is 12.5. The zero-order valence-corrected chi connectivity index (χ0v) is 17.8. The first-order chi connectivity index (χ1) is 12.9. The van der Waals surface area contributed by atoms with Gasteiger partial charge in [-0.05, 0) is 24.6 Å². The molecule has 0 bridgehead atoms. The summed E-state index contributed by atoms with van der Waals surface area (Å²) in [6.45, 7) is 0.380. The van der Waals surface area contributed by atoms with E-state index in [2.05, 4.69) is 20.7 Å². The van der Waals surface area contributed by atoms with Gasteiger partial charge in [0, 0.05) is 32.4 Å². The lowest BCUT2D eigenvalue weighted by molar-refractivity contribution is -0.143. The molecule has 0 saturated carbocycles. The Kier molecular flexibility index (Phi) is 8.10. The Labute approximate surface area is 179 Å². The highest BCUT2D eigenvalue weighted by atomic mass is 127. The Hall–Kier alpha value is -1.82. The molecule has 2 N–H and O–H groups in total. The summed E-state index contributed by atoms with van der Waals surface area (Å²) in [6.07, 6.45) is -1.62. The summed E-state index contributed by atoms with van der Waals surface area (Å²) in [5.41, 5.74) is 1.81. The first kappa shape index (κ1) is 22.5. The molecule has 0 spiro atoms. The van der Waals surface area contributed by atoms with Crippen molar-refractivity contribution in [3.63, 3.8) is 0 Å². The molecular weight excluding hydrogens is 484 g/mol. The molecule has 6 nitrogen and oxygen atoms in total. The summed E-state index contributed by atoms with van der Waals surface area (Å²) >= 11 is 0. The smallest absolute Gasteiger partial charge is 0.352 e. The first-order valence-corrected chi connectivity index (χ1v) is 8.79. The van der Waals surface area contributed by atoms with E-state index in [-0.39, 0.29) is 30.0 Å². The maximum absolute atomic E-state index is 12.5. The summed E-state index contributed by atoms with van der Waals surface area (Å²) < 4.78 is 39.3. The third-order valence-electron chi connectivity index (χ3n) is 4.34. The molecule has 1 unspecified atom stereocenters. The van der Waals surface area contributed by atoms with Crippen molar-refractivity contribution in [1.82, 2.24) is 25.3 Å². The van der Waals surface area contributed by atoms with Crippen LogP contribution in [0.4, 0.5) is 13.2 Å². The van der Waals surface area contributed by atoms with Crippen LogP contribution in [0.15, 0.2) is 47.6 Å². The van der Waals surface area contributed by atoms with E-state index >= 15 is 0 Å². The molecule has 10 heteroatoms. The Morgan fingerprint density at radius 1 is 1.25 bits per heavy atom. The van der Waals surface area contributed by atoms with Crippen molar-refractivity contribution in [2.45, 2.75) is 25.2 Å². The molecule has 1 fully saturated rings. The van der Waals surface area contributed by atoms with Crippen LogP contribution in [-0.4, -0.2) is 59.5 Å². The van der Waals surface area contributed by atoms with Crippen molar-refractivity contribution < 1.29 is 13.2 Å². The molecule has 1 saturated heterocycles. The molecule has 28 heavy (non-hydrogen) atoms. The minimum absolute atomic E-state index is 0. The Bertz CT molecular complexity index is 762. The third-order valence-corrected chi connectivity index (χ3v) is 4.34. The number of para-hydroxylation sites is 1. The van der Waals surface area contributed by atoms with E-state index in [4.69, 9.17) is 0 Å². The number of likely N-dealkylation sites (tertiary alicyclic amines) is 1. The Balaban J connectivity index is 0.00000280. The zero-order valence-electron chi connectivity index (χ0n) is 15.5. The number of nitrogens with one attached hydrogen (secondary N) is 2. The molecule has 0 amide bonds. The van der Waals surface area contributed by atoms with Gasteiger partial charge in [0.05, 0.1) is 24.5 Å². The second-order valence-corrected chi connectivity index (χ2v) is 6.49. The van der Waals surface area contributed by atoms with Gasteiger partial charge in [-0.25, -0.2) is 4.68 Å². The van der Waals surface area contributed by atoms with Crippen molar-refractivity contribution in [3.05, 3.63) is 48.3 Å². The predicted molar refractivity (Wildman–Crippen MR) is 113 cm³/mol. The monoisotopic (exact) mass is 508 g/mol. The van der Waals surface area contributed by atoms with Crippen LogP contribution < -0.4 is 10.6 Å². The number of alkyl halides is 3. The molecule has 0 aliphatic carbocycles. The Morgan fingerprint density at radius 3 is 2.68 bits per heavy atom. The minimum Gasteiger partial charge on any atom is -0.352 e. The van der Waals surface area contributed by atoms with E-state index < -0.39 is 12.7 Å². The van der Waals surface area contributed by atoms with E-state index in [1.165, 1.54) is 4.90 Å². The number of rotatable bonds is 5. The average Bonchev–Trinajstić information content (AvgIpc) is 3.27. The van der Waals surface area contributed by atoms with Gasteiger partial charge in [0.15, 0.2) is 5.96 Å². The van der Waals surface area contributed by atoms with Gasteiger partial charge in [-0.15, -0.1) is 24.0 Å². The van der Waals surface area contributed by atoms with Gasteiger partial charge >= 0.3 is 6.18 Å². The second-order valence-electron chi connectivity index (χ2n) is 6.49. The summed E-state index contributed by atoms with van der Waals surface area (Å²) in [7, 11) is 1.64. The van der Waals surface area contributed by atoms with Gasteiger partial charge in [0.25, 0.3) is 0 Å². The van der Waals surface area contributed by atoms with Gasteiger partial charge in [-0.3, -0.25) is 9.89 Å². The second kappa shape index (κ2) is 10.1. The largest absolute Gasteiger partial charge is 0.401 e. The Morgan fingerprint density at radius 2 is 2.00 bits per heavy atom. The number of hydrogen-bond donors (Lipinski definition) is 2. The van der Waals surface area contributed by atoms with Gasteiger partial charge in [-0.1, -0.05) is 18.2 Å². The van der Waals surface area contributed by atoms with Crippen LogP contribution in [0.25, 0.3) is 5.69 Å². The summed E-state index contributed by atoms with van der Waals surface area (Å²) in [5, 5.41) is 10.9. The average molecular weight is 508 g/mol. The van der Waals surface area contributed by atoms with Crippen LogP contribution in [0.2, 0.25) is 0 Å². The van der Waals surface area contributed by atoms with Crippen LogP contribution in [-0.2, 0) is 6.54 Å². The normalized spacial score (nSPS) is 18.0. The fraction of sp³-hybridized carbons (Fsp3) is 0.444. The van der Waals surface area contributed by atoms with Crippen LogP contribution >= 0.6 is 24.0 Å². The van der Waals surface area contributed by atoms with Gasteiger partial charge in [0.1, 0.15) is 0 Å². The maximum Gasteiger partial charge on any atom is 0.401 e. The van der Waals surface area contributed by atoms with Gasteiger partial charge in [0.2, 0.25) is 0 Å². The van der Waals surface area contributed by atoms with Crippen molar-refractivity contribution in [3.8, 4) is 5.69 Å². The zero-order chi connectivity index (χ0) is 19.3. The predicted octanol–water partition coefficient (Wildman–Crippen LogP) is 2.79. The summed E-state index contributed by atoms with van der Waals surface area (Å²) in [5.74, 6) is 0.558. The molecule has 2 aromatic rings. The third kappa shape index (κ3) is 6.66. The molecule has 154 valence electrons. The highest BCUT2D eigenvalue weighted by Gasteiger charge is 2.34. The van der Waals surface area contributed by atoms with Crippen molar-refractivity contribution >= 4 is 29.9 Å². The van der Waals surface area contributed by atoms with Gasteiger partial charge in [-0.2, -0.15) is 18.3 Å². The van der Waals surface area contributed by atoms with E-state index in [0.717, 1.165) is 11.4 Å². The molecule has 1 aliphatic rings. The van der Waals surface area contributed by atoms with Crippen LogP contribution in [0.3, 0.4) is 0 Å². The number of hydrogen-bond acceptors (Lipinski definition) is 3. The molecule has 3 rings (SSSR count). The van der Waals surface area contributed by atoms with Crippen LogP contribution in [0, 0.1) is 0 Å². The fourth-order valence-electron chi connectivity index (χ4n) is 3.09. The first-order valence-electron chi connectivity index (χ1n) is 8.79. The van der Waals surface area contributed by atoms with E-state index in [1.54, 1.807) is 11.7 Å². The van der Waals surface area contributed by atoms with E-state index in [1.807, 2.05) is 42.6 Å². The topological polar surface area (TPSA) is 57.5 Å². The molecule has 1 atom stereocenters. The highest BCUT2D eigenvalue weighted by molar-refractivity contribution is 14.0. The van der Waals surface area contributed by atoms with Crippen molar-refractivity contribution in [2.75, 3.05) is 26.7 Å². The van der Waals surface area contributed by atoms with Crippen molar-refractivity contribution in [2.24, 2.45) is 4.99 Å². The summed E-state index contributed by atoms with van der Waals surface area (Å²) in [6, 6.07) is 11.6. The molecule has 1 aromatic carbocycles. The lowest BCUT2D eigenvalue weighted by atomic mass is 10.3. The highest BCUT2D eigenvalue weighted by Crippen LogP contribution is 2.19. The van der Waals surface area contributed by atoms with Gasteiger partial charge < -0.3 is 10.6 Å². The van der Waals surface area contributed by atoms with Crippen molar-refractivity contribution in [1.29, 1.82) is 0 Å². The van der Waals surface area contributed by atoms with E-state index in [0.29, 0.717) is 32.0 Å². The minimum atomic E-state index is -4.16. The summed E-state index contributed by atoms with van der Waals surface area (Å²) in [4.78, 5) is 5.56. The standard InChI is InChI=1S/C18H23F3N6.HI/c1-22-17(24-15-7-9-26(12-15)13-18(19,20)21)23-11-14-8-10-27(25-14)16-5-3-2-4-6-16;/h2-6,8,10,15H,7,9,11-13H2,1H3,(H2,22,23,24);1H. The molecule has 2 heterocycles. The number of aromatic nitrogens is 2. The number of guanidine groups is 1. The van der Waals surface area contributed by atoms with E-state index in [9.17, 15) is 13.2 Å². The lowest BCUT2D eigenvalue weighted by Crippen LogP contribution is -2.45. The number of nitrogens with zero attached hydrogens (tertiary/aromatic N) is 4. The van der Waals surface area contributed by atoms with Crippen LogP contribution in [0.1, 0.15) is 12.1 Å².